The van der Waals surface area contributed by atoms with E-state index in [-0.39, 0.29) is 47.2 Å². The molecule has 6 nitrogen and oxygen atoms in total. The number of carbonyl (C=O) groups excluding carboxylic acids is 1. The molecule has 2 fully saturated rings. The van der Waals surface area contributed by atoms with Gasteiger partial charge in [0.25, 0.3) is 0 Å². The highest BCUT2D eigenvalue weighted by atomic mass is 32.2. The number of esters is 1. The molecule has 0 aliphatic heterocycles. The van der Waals surface area contributed by atoms with Crippen LogP contribution in [0.3, 0.4) is 0 Å². The third kappa shape index (κ3) is 8.82. The predicted octanol–water partition coefficient (Wildman–Crippen LogP) is 8.21. The Bertz CT molecular complexity index is 1240. The van der Waals surface area contributed by atoms with Gasteiger partial charge in [0.05, 0.1) is 18.9 Å². The molecule has 0 heterocycles. The number of ether oxygens (including phenoxy) is 1. The predicted molar refractivity (Wildman–Crippen MR) is 169 cm³/mol. The van der Waals surface area contributed by atoms with Crippen LogP contribution in [0.2, 0.25) is 0 Å². The number of aliphatic hydroxyl groups is 1. The average Bonchev–Trinajstić information content (AvgIpc) is 3.30. The third-order valence-electron chi connectivity index (χ3n) is 11.4. The zero-order chi connectivity index (χ0) is 34.7. The summed E-state index contributed by atoms with van der Waals surface area (Å²) in [7, 11) is 0. The van der Waals surface area contributed by atoms with Gasteiger partial charge in [-0.15, -0.1) is 0 Å². The monoisotopic (exact) mass is 692 g/mol. The Balaban J connectivity index is 1.44. The van der Waals surface area contributed by atoms with E-state index in [4.69, 9.17) is 9.84 Å². The highest BCUT2D eigenvalue weighted by Gasteiger charge is 2.57. The number of rotatable bonds is 15. The van der Waals surface area contributed by atoms with Gasteiger partial charge in [-0.05, 0) is 116 Å². The molecule has 1 aromatic rings. The first kappa shape index (κ1) is 37.9. The van der Waals surface area contributed by atoms with Gasteiger partial charge in [-0.2, -0.15) is 22.0 Å². The molecule has 1 aromatic carbocycles. The summed E-state index contributed by atoms with van der Waals surface area (Å²) in [5, 5.41) is 19.6. The van der Waals surface area contributed by atoms with E-state index in [0.29, 0.717) is 36.3 Å². The molecule has 2 N–H and O–H groups in total. The zero-order valence-corrected chi connectivity index (χ0v) is 28.3. The number of aliphatic carboxylic acids is 1. The van der Waals surface area contributed by atoms with Gasteiger partial charge in [-0.3, -0.25) is 9.59 Å². The number of hydrogen-bond donors (Lipinski definition) is 2. The van der Waals surface area contributed by atoms with Crippen molar-refractivity contribution < 1.29 is 51.0 Å². The van der Waals surface area contributed by atoms with E-state index in [1.165, 1.54) is 5.56 Å². The Labute approximate surface area is 277 Å². The van der Waals surface area contributed by atoms with Crippen molar-refractivity contribution in [3.8, 4) is 5.75 Å². The smallest absolute Gasteiger partial charge is 0.453 e. The lowest BCUT2D eigenvalue weighted by atomic mass is 9.52. The lowest BCUT2D eigenvalue weighted by Crippen LogP contribution is -2.47. The number of benzene rings is 1. The van der Waals surface area contributed by atoms with Crippen molar-refractivity contribution in [1.29, 1.82) is 0 Å². The first-order chi connectivity index (χ1) is 22.0. The van der Waals surface area contributed by atoms with Crippen molar-refractivity contribution >= 4 is 23.1 Å². The second-order valence-electron chi connectivity index (χ2n) is 14.5. The highest BCUT2D eigenvalue weighted by molar-refractivity contribution is 7.92. The fourth-order valence-electron chi connectivity index (χ4n) is 8.75. The summed E-state index contributed by atoms with van der Waals surface area (Å²) in [4.78, 5) is 23.1. The van der Waals surface area contributed by atoms with Gasteiger partial charge >= 0.3 is 24.0 Å². The fraction of sp³-hybridized carbons (Fsp3) is 0.771. The first-order valence-electron chi connectivity index (χ1n) is 17.0. The van der Waals surface area contributed by atoms with E-state index in [9.17, 15) is 41.2 Å². The van der Waals surface area contributed by atoms with Gasteiger partial charge in [0, 0.05) is 6.42 Å². The molecule has 0 spiro atoms. The summed E-state index contributed by atoms with van der Waals surface area (Å²) in [6.45, 7) is 6.15. The molecule has 47 heavy (non-hydrogen) atoms. The molecule has 12 heteroatoms. The van der Waals surface area contributed by atoms with Crippen molar-refractivity contribution in [1.82, 2.24) is 0 Å². The lowest BCUT2D eigenvalue weighted by molar-refractivity contribution is -0.284. The molecule has 9 atom stereocenters. The van der Waals surface area contributed by atoms with Gasteiger partial charge in [0.2, 0.25) is 0 Å². The Kier molecular flexibility index (Phi) is 12.3. The van der Waals surface area contributed by atoms with Crippen LogP contribution in [0.15, 0.2) is 18.2 Å². The molecule has 0 saturated heterocycles. The SMILES string of the molecule is CCC(CC(C)CC[C@@H]1Cc2cc(OC(=O)CCC(=O)O)ccc2[C@H]2CC[C@]3(C)[C@@H](O)CC[C@H]3[C@H]12)[S+]([O-])CCCC(F)(F)C(F)(F)F. The standard InChI is InChI=1S/C35H49F5O6S/c1-4-25(47(45)17-5-15-34(36,37)35(38,39)40)18-21(2)6-7-22-19-23-20-24(46-31(44)13-12-30(42)43)8-9-26(23)27-14-16-33(3)28(32(22)27)10-11-29(33)41/h8-9,20-22,25,27-29,32,41H,4-7,10-19H2,1-3H3,(H,42,43)/t21?,22-,25?,27-,28+,29+,32-,33+,47?/m1/s1. The van der Waals surface area contributed by atoms with Crippen LogP contribution < -0.4 is 4.74 Å². The Morgan fingerprint density at radius 1 is 1.15 bits per heavy atom. The molecular weight excluding hydrogens is 643 g/mol. The Hall–Kier alpha value is -1.92. The van der Waals surface area contributed by atoms with Gasteiger partial charge in [0.1, 0.15) is 16.8 Å². The van der Waals surface area contributed by atoms with E-state index in [1.807, 2.05) is 19.1 Å². The number of hydrogen-bond acceptors (Lipinski definition) is 5. The molecule has 4 rings (SSSR count). The second kappa shape index (κ2) is 15.3. The number of carboxylic acids is 1. The molecular formula is C35H49F5O6S. The lowest BCUT2D eigenvalue weighted by Gasteiger charge is -2.53. The number of halogens is 5. The third-order valence-corrected chi connectivity index (χ3v) is 13.3. The molecule has 0 radical (unpaired) electrons. The van der Waals surface area contributed by atoms with E-state index in [0.717, 1.165) is 50.5 Å². The molecule has 3 unspecified atom stereocenters. The summed E-state index contributed by atoms with van der Waals surface area (Å²) < 4.78 is 82.7. The maximum absolute atomic E-state index is 13.3. The molecule has 266 valence electrons. The Morgan fingerprint density at radius 3 is 2.53 bits per heavy atom. The topological polar surface area (TPSA) is 107 Å². The highest BCUT2D eigenvalue weighted by Crippen LogP contribution is 2.63. The van der Waals surface area contributed by atoms with Crippen molar-refractivity contribution in [3.63, 3.8) is 0 Å². The van der Waals surface area contributed by atoms with Crippen LogP contribution in [-0.4, -0.2) is 55.9 Å². The molecule has 3 aliphatic rings. The van der Waals surface area contributed by atoms with Crippen LogP contribution in [0.25, 0.3) is 0 Å². The van der Waals surface area contributed by atoms with Crippen LogP contribution in [0.1, 0.15) is 115 Å². The number of fused-ring (bicyclic) bond motifs is 5. The van der Waals surface area contributed by atoms with Crippen LogP contribution in [0.4, 0.5) is 22.0 Å². The number of alkyl halides is 5. The van der Waals surface area contributed by atoms with E-state index >= 15 is 0 Å². The number of carboxylic acid groups (broad SMARTS) is 1. The molecule has 0 bridgehead atoms. The number of aliphatic hydroxyl groups excluding tert-OH is 1. The second-order valence-corrected chi connectivity index (χ2v) is 16.3. The van der Waals surface area contributed by atoms with Gasteiger partial charge in [-0.25, -0.2) is 0 Å². The van der Waals surface area contributed by atoms with Crippen molar-refractivity contribution in [2.24, 2.45) is 29.1 Å². The molecule has 0 amide bonds. The normalized spacial score (nSPS) is 29.3. The minimum atomic E-state index is -5.61. The summed E-state index contributed by atoms with van der Waals surface area (Å²) >= 11 is -1.51. The van der Waals surface area contributed by atoms with Crippen LogP contribution >= 0.6 is 0 Å². The molecule has 0 aromatic heterocycles. The summed E-state index contributed by atoms with van der Waals surface area (Å²) in [5.74, 6) is -4.78. The van der Waals surface area contributed by atoms with E-state index in [2.05, 4.69) is 13.8 Å². The minimum Gasteiger partial charge on any atom is -0.616 e. The van der Waals surface area contributed by atoms with Crippen molar-refractivity contribution in [3.05, 3.63) is 29.3 Å². The van der Waals surface area contributed by atoms with Crippen molar-refractivity contribution in [2.75, 3.05) is 5.75 Å². The average molecular weight is 693 g/mol. The molecule has 3 aliphatic carbocycles. The first-order valence-corrected chi connectivity index (χ1v) is 18.4. The van der Waals surface area contributed by atoms with Gasteiger partial charge in [0.15, 0.2) is 0 Å². The summed E-state index contributed by atoms with van der Waals surface area (Å²) in [6.07, 6.45) is -1.07. The maximum atomic E-state index is 13.3. The summed E-state index contributed by atoms with van der Waals surface area (Å²) in [6, 6.07) is 5.71. The van der Waals surface area contributed by atoms with E-state index in [1.54, 1.807) is 6.07 Å². The van der Waals surface area contributed by atoms with Crippen LogP contribution in [0.5, 0.6) is 5.75 Å². The quantitative estimate of drug-likeness (QED) is 0.0831. The number of carbonyl (C=O) groups is 2. The zero-order valence-electron chi connectivity index (χ0n) is 27.5. The van der Waals surface area contributed by atoms with Crippen LogP contribution in [-0.2, 0) is 27.2 Å². The van der Waals surface area contributed by atoms with E-state index < -0.39 is 48.1 Å². The Morgan fingerprint density at radius 2 is 1.87 bits per heavy atom. The minimum absolute atomic E-state index is 0.144. The maximum Gasteiger partial charge on any atom is 0.453 e. The van der Waals surface area contributed by atoms with Gasteiger partial charge in [-0.1, -0.05) is 44.4 Å². The summed E-state index contributed by atoms with van der Waals surface area (Å²) in [5.41, 5.74) is 2.21. The largest absolute Gasteiger partial charge is 0.616 e. The fourth-order valence-corrected chi connectivity index (χ4v) is 10.4. The van der Waals surface area contributed by atoms with Crippen LogP contribution in [0, 0.1) is 29.1 Å². The van der Waals surface area contributed by atoms with Crippen molar-refractivity contribution in [2.45, 2.75) is 134 Å². The van der Waals surface area contributed by atoms with Gasteiger partial charge < -0.3 is 19.5 Å². The molecule has 2 saturated carbocycles.